The molecule has 3 fully saturated rings. The number of rotatable bonds is 48. The summed E-state index contributed by atoms with van der Waals surface area (Å²) in [4.78, 5) is 181. The van der Waals surface area contributed by atoms with Gasteiger partial charge in [-0.1, -0.05) is 118 Å². The normalized spacial score (nSPS) is 22.6. The number of primary amides is 1. The Bertz CT molecular complexity index is 3630. The summed E-state index contributed by atoms with van der Waals surface area (Å²) in [6, 6.07) is 10.9. The second-order valence-electron chi connectivity index (χ2n) is 32.4. The molecule has 0 radical (unpaired) electrons. The van der Waals surface area contributed by atoms with Gasteiger partial charge in [-0.25, -0.2) is 4.79 Å². The fourth-order valence-electron chi connectivity index (χ4n) is 15.8. The molecule has 6 rings (SSSR count). The molecule has 0 bridgehead atoms. The molecular weight excluding hydrogens is 1500 g/mol. The average molecular weight is 1630 g/mol. The van der Waals surface area contributed by atoms with Crippen molar-refractivity contribution in [3.8, 4) is 0 Å². The Kier molecular flexibility index (Phi) is 38.5. The van der Waals surface area contributed by atoms with E-state index < -0.39 is 181 Å². The zero-order valence-corrected chi connectivity index (χ0v) is 69.8. The molecule has 646 valence electrons. The smallest absolute Gasteiger partial charge is 0.312 e. The van der Waals surface area contributed by atoms with Gasteiger partial charge in [0, 0.05) is 97.0 Å². The number of methoxy groups -OCH3 is 2. The Morgan fingerprint density at radius 3 is 1.81 bits per heavy atom. The quantitative estimate of drug-likeness (QED) is 0.0332. The SMILES string of the molecule is CC[C@H](C)[C@@H]([C@@H](CC(=O)N1CCC[C@H]1[C@H](OC)[C@@H](C)C(=O)NC(Cc1ccccc1)C(=O)CCCc1ccc(NC(=O)[C@@H](CCCNC(N)=O)CC(=O)C(NC(=O)C2O[C@H](CNC(=O)C3O[C@H](CNC(=O)CCCCCN4C(=O)C=CC4=O)C(O)C3O)C(O)C2O)C(C)C)cc1)OC)N(C)C(=O)C(NC(=O)[C@H](C(C)C)N(C)C)C(C)C. The van der Waals surface area contributed by atoms with Gasteiger partial charge in [0.2, 0.25) is 35.4 Å². The number of nitrogens with zero attached hydrogens (tertiary/aromatic N) is 4. The van der Waals surface area contributed by atoms with Crippen molar-refractivity contribution in [2.45, 2.75) is 256 Å². The van der Waals surface area contributed by atoms with E-state index in [1.54, 1.807) is 61.9 Å². The van der Waals surface area contributed by atoms with Gasteiger partial charge >= 0.3 is 6.03 Å². The third kappa shape index (κ3) is 27.2. The number of hydrogen-bond donors (Lipinski definition) is 12. The number of aryl methyl sites for hydroxylation is 1. The van der Waals surface area contributed by atoms with Crippen LogP contribution < -0.4 is 43.0 Å². The number of nitrogens with one attached hydrogen (secondary N) is 7. The number of hydrogen-bond acceptors (Lipinski definition) is 22. The summed E-state index contributed by atoms with van der Waals surface area (Å²) in [5.41, 5.74) is 7.33. The average Bonchev–Trinajstić information content (AvgIpc) is 1.58. The number of Topliss-reactive ketones (excluding diaryl/α,β-unsaturated/α-hetero) is 2. The maximum absolute atomic E-state index is 14.7. The lowest BCUT2D eigenvalue weighted by Gasteiger charge is -2.41. The highest BCUT2D eigenvalue weighted by Gasteiger charge is 2.51. The first-order valence-corrected chi connectivity index (χ1v) is 40.8. The second kappa shape index (κ2) is 46.5. The molecular formula is C83H128N12O21. The molecule has 13 N–H and O–H groups in total. The van der Waals surface area contributed by atoms with Gasteiger partial charge in [0.15, 0.2) is 23.8 Å². The highest BCUT2D eigenvalue weighted by Crippen LogP contribution is 2.32. The molecule has 33 nitrogen and oxygen atoms in total. The number of benzene rings is 2. The van der Waals surface area contributed by atoms with Crippen molar-refractivity contribution in [1.29, 1.82) is 0 Å². The molecule has 4 heterocycles. The van der Waals surface area contributed by atoms with E-state index >= 15 is 0 Å². The number of nitrogens with two attached hydrogens (primary N) is 1. The number of ketones is 2. The van der Waals surface area contributed by atoms with Crippen LogP contribution in [0.4, 0.5) is 10.5 Å². The van der Waals surface area contributed by atoms with Gasteiger partial charge < -0.3 is 92.1 Å². The number of imide groups is 1. The number of aliphatic hydroxyl groups is 4. The van der Waals surface area contributed by atoms with Crippen LogP contribution in [0.5, 0.6) is 0 Å². The number of amides is 12. The van der Waals surface area contributed by atoms with Crippen LogP contribution in [0.15, 0.2) is 66.7 Å². The number of aliphatic hydroxyl groups excluding tert-OH is 4. The first kappa shape index (κ1) is 96.2. The zero-order chi connectivity index (χ0) is 85.9. The molecule has 0 saturated carbocycles. The van der Waals surface area contributed by atoms with Gasteiger partial charge in [0.1, 0.15) is 42.7 Å². The molecule has 116 heavy (non-hydrogen) atoms. The Morgan fingerprint density at radius 1 is 0.629 bits per heavy atom. The number of unbranched alkanes of at least 4 members (excludes halogenated alkanes) is 2. The molecule has 19 atom stereocenters. The van der Waals surface area contributed by atoms with Gasteiger partial charge in [-0.05, 0) is 119 Å². The van der Waals surface area contributed by atoms with Crippen LogP contribution in [-0.2, 0) is 89.3 Å². The number of likely N-dealkylation sites (tertiary alicyclic amines) is 1. The summed E-state index contributed by atoms with van der Waals surface area (Å²) in [6.07, 6.45) is -7.71. The Morgan fingerprint density at radius 2 is 1.24 bits per heavy atom. The van der Waals surface area contributed by atoms with Crippen molar-refractivity contribution in [3.63, 3.8) is 0 Å². The largest absolute Gasteiger partial charge is 0.388 e. The van der Waals surface area contributed by atoms with Gasteiger partial charge in [0.05, 0.1) is 54.8 Å². The molecule has 0 aromatic heterocycles. The van der Waals surface area contributed by atoms with Crippen LogP contribution in [0.3, 0.4) is 0 Å². The third-order valence-corrected chi connectivity index (χ3v) is 22.6. The number of carbonyl (C=O) groups excluding carboxylic acids is 13. The lowest BCUT2D eigenvalue weighted by Crippen LogP contribution is -2.59. The molecule has 3 saturated heterocycles. The van der Waals surface area contributed by atoms with Gasteiger partial charge in [-0.2, -0.15) is 0 Å². The van der Waals surface area contributed by atoms with Crippen LogP contribution >= 0.6 is 0 Å². The van der Waals surface area contributed by atoms with Crippen molar-refractivity contribution >= 4 is 82.4 Å². The monoisotopic (exact) mass is 1630 g/mol. The zero-order valence-electron chi connectivity index (χ0n) is 69.8. The van der Waals surface area contributed by atoms with Crippen molar-refractivity contribution in [1.82, 2.24) is 51.5 Å². The number of anilines is 1. The van der Waals surface area contributed by atoms with Crippen LogP contribution in [0.25, 0.3) is 0 Å². The predicted molar refractivity (Wildman–Crippen MR) is 429 cm³/mol. The molecule has 33 heteroatoms. The van der Waals surface area contributed by atoms with E-state index in [2.05, 4.69) is 37.2 Å². The maximum atomic E-state index is 14.7. The molecule has 0 spiro atoms. The number of urea groups is 1. The summed E-state index contributed by atoms with van der Waals surface area (Å²) < 4.78 is 23.6. The number of carbonyl (C=O) groups is 13. The van der Waals surface area contributed by atoms with E-state index in [0.717, 1.165) is 16.0 Å². The first-order valence-electron chi connectivity index (χ1n) is 40.8. The van der Waals surface area contributed by atoms with Crippen LogP contribution in [-0.4, -0.2) is 282 Å². The van der Waals surface area contributed by atoms with E-state index in [4.69, 9.17) is 24.7 Å². The van der Waals surface area contributed by atoms with Gasteiger partial charge in [-0.3, -0.25) is 67.3 Å². The maximum Gasteiger partial charge on any atom is 0.312 e. The molecule has 9 unspecified atom stereocenters. The minimum Gasteiger partial charge on any atom is -0.388 e. The molecule has 0 aliphatic carbocycles. The number of likely N-dealkylation sites (N-methyl/N-ethyl adjacent to an activating group) is 2. The molecule has 12 amide bonds. The van der Waals surface area contributed by atoms with Crippen molar-refractivity contribution < 1.29 is 102 Å². The Labute approximate surface area is 681 Å². The van der Waals surface area contributed by atoms with Gasteiger partial charge in [0.25, 0.3) is 23.6 Å². The second-order valence-corrected chi connectivity index (χ2v) is 32.4. The molecule has 4 aliphatic rings. The molecule has 2 aromatic rings. The van der Waals surface area contributed by atoms with E-state index in [-0.39, 0.29) is 99.4 Å². The van der Waals surface area contributed by atoms with Crippen molar-refractivity contribution in [2.24, 2.45) is 41.2 Å². The summed E-state index contributed by atoms with van der Waals surface area (Å²) >= 11 is 0. The van der Waals surface area contributed by atoms with E-state index in [0.29, 0.717) is 63.6 Å². The minimum atomic E-state index is -1.85. The van der Waals surface area contributed by atoms with E-state index in [1.807, 2.05) is 90.9 Å². The highest BCUT2D eigenvalue weighted by atomic mass is 16.6. The molecule has 2 aromatic carbocycles. The van der Waals surface area contributed by atoms with E-state index in [1.165, 1.54) is 26.4 Å². The third-order valence-electron chi connectivity index (χ3n) is 22.6. The van der Waals surface area contributed by atoms with Crippen molar-refractivity contribution in [3.05, 3.63) is 77.9 Å². The lowest BCUT2D eigenvalue weighted by atomic mass is 9.89. The summed E-state index contributed by atoms with van der Waals surface area (Å²) in [5, 5.41) is 62.5. The molecule has 4 aliphatic heterocycles. The Balaban J connectivity index is 1.01. The number of ether oxygens (including phenoxy) is 4. The Hall–Kier alpha value is -8.67. The summed E-state index contributed by atoms with van der Waals surface area (Å²) in [7, 11) is 8.38. The van der Waals surface area contributed by atoms with E-state index in [9.17, 15) is 82.8 Å². The van der Waals surface area contributed by atoms with Crippen molar-refractivity contribution in [2.75, 3.05) is 73.4 Å². The van der Waals surface area contributed by atoms with Crippen LogP contribution in [0, 0.1) is 35.5 Å². The topological polar surface area (TPSA) is 463 Å². The minimum absolute atomic E-state index is 0.0178. The fourth-order valence-corrected chi connectivity index (χ4v) is 15.8. The fraction of sp³-hybridized carbons (Fsp3) is 0.675. The van der Waals surface area contributed by atoms with Gasteiger partial charge in [-0.15, -0.1) is 0 Å². The van der Waals surface area contributed by atoms with Crippen LogP contribution in [0.2, 0.25) is 0 Å². The first-order chi connectivity index (χ1) is 54.9. The summed E-state index contributed by atoms with van der Waals surface area (Å²) in [6.45, 7) is 16.6. The predicted octanol–water partition coefficient (Wildman–Crippen LogP) is 1.75. The standard InChI is InChI=1S/C83H128N12O21/c1-15-49(8)69(93(12)82(111)67(47(4)5)91-79(108)68(48(6)7)92(10)11)59(113-13)43-65(101)94-40-24-29-56(94)74(114-14)50(9)77(106)89-55(41-52-25-18-16-19-26-52)57(96)30-22-27-51-32-34-54(35-33-51)88-78(107)53(28-23-38-85-83(84)112)42-58(97)66(46(2)3)90-81(110)76-73(105)71(103)61(116-76)45-87-80(109)75-72(104)70(102)60(115-75)44-86-62(98)31-20-17-21-39-95-63(99)36-37-64(95)100/h16,18-19,25-26,32-37,46-50,53,55-56,59-61,66-76,102-105H,15,17,20-24,27-31,38-45H2,1-14H3,(H,86,98)(H,87,109)(H,88,107)(H,89,106)(H,90,110)(H,91,108)(H3,84,85,112)/t49-,50+,53-,55?,56-,59+,60+,61+,66?,67?,68-,69-,70?,71?,72?,73?,74+,75?,76?/m0/s1. The lowest BCUT2D eigenvalue weighted by molar-refractivity contribution is -0.148. The van der Waals surface area contributed by atoms with Crippen LogP contribution in [0.1, 0.15) is 157 Å². The summed E-state index contributed by atoms with van der Waals surface area (Å²) in [5.74, 6) is -8.49. The highest BCUT2D eigenvalue weighted by molar-refractivity contribution is 6.13.